The summed E-state index contributed by atoms with van der Waals surface area (Å²) in [4.78, 5) is 0. The molecule has 0 aliphatic rings. The first-order valence-electron chi connectivity index (χ1n) is 8.83. The van der Waals surface area contributed by atoms with Crippen molar-refractivity contribution in [2.24, 2.45) is 0 Å². The Kier molecular flexibility index (Phi) is 4.51. The molecule has 3 aromatic carbocycles. The van der Waals surface area contributed by atoms with Crippen LogP contribution in [0.3, 0.4) is 0 Å². The Labute approximate surface area is 160 Å². The maximum absolute atomic E-state index is 13.3. The van der Waals surface area contributed by atoms with Crippen LogP contribution in [-0.2, 0) is 11.7 Å². The third kappa shape index (κ3) is 2.99. The summed E-state index contributed by atoms with van der Waals surface area (Å²) in [6.07, 6.45) is -3.11. The van der Waals surface area contributed by atoms with Gasteiger partial charge in [-0.25, -0.2) is 0 Å². The van der Waals surface area contributed by atoms with Crippen LogP contribution in [0.4, 0.5) is 13.2 Å². The molecule has 140 valence electrons. The van der Waals surface area contributed by atoms with Crippen LogP contribution in [0.1, 0.15) is 22.4 Å². The second kappa shape index (κ2) is 7.00. The number of aromatic nitrogens is 2. The molecule has 1 heterocycles. The highest BCUT2D eigenvalue weighted by Crippen LogP contribution is 2.41. The highest BCUT2D eigenvalue weighted by atomic mass is 19.4. The normalized spacial score (nSPS) is 12.1. The second-order valence-corrected chi connectivity index (χ2v) is 6.45. The number of rotatable bonds is 4. The molecule has 0 fully saturated rings. The Balaban J connectivity index is 2.09. The van der Waals surface area contributed by atoms with Crippen LogP contribution < -0.4 is 0 Å². The van der Waals surface area contributed by atoms with Crippen LogP contribution >= 0.6 is 0 Å². The highest BCUT2D eigenvalue weighted by molar-refractivity contribution is 5.50. The third-order valence-corrected chi connectivity index (χ3v) is 4.80. The highest BCUT2D eigenvalue weighted by Gasteiger charge is 2.41. The van der Waals surface area contributed by atoms with E-state index in [1.54, 1.807) is 0 Å². The quantitative estimate of drug-likeness (QED) is 0.414. The molecule has 0 aliphatic heterocycles. The van der Waals surface area contributed by atoms with Crippen LogP contribution in [0, 0.1) is 0 Å². The molecule has 0 aliphatic carbocycles. The van der Waals surface area contributed by atoms with Gasteiger partial charge in [0.15, 0.2) is 5.69 Å². The minimum Gasteiger partial charge on any atom is -0.253 e. The molecule has 0 unspecified atom stereocenters. The van der Waals surface area contributed by atoms with Gasteiger partial charge in [0, 0.05) is 6.20 Å². The van der Waals surface area contributed by atoms with Gasteiger partial charge < -0.3 is 0 Å². The maximum Gasteiger partial charge on any atom is 0.435 e. The van der Waals surface area contributed by atoms with E-state index in [1.165, 1.54) is 10.9 Å². The first kappa shape index (κ1) is 18.0. The van der Waals surface area contributed by atoms with E-state index in [1.807, 2.05) is 91.0 Å². The molecule has 1 aromatic heterocycles. The lowest BCUT2D eigenvalue weighted by atomic mass is 9.77. The van der Waals surface area contributed by atoms with Crippen molar-refractivity contribution in [3.63, 3.8) is 0 Å². The topological polar surface area (TPSA) is 17.8 Å². The molecule has 0 amide bonds. The molecule has 0 N–H and O–H groups in total. The van der Waals surface area contributed by atoms with Crippen molar-refractivity contribution in [1.29, 1.82) is 0 Å². The monoisotopic (exact) mass is 378 g/mol. The summed E-state index contributed by atoms with van der Waals surface area (Å²) in [7, 11) is 0. The minimum absolute atomic E-state index is 0.823. The van der Waals surface area contributed by atoms with Crippen LogP contribution in [0.5, 0.6) is 0 Å². The van der Waals surface area contributed by atoms with Crippen LogP contribution in [-0.4, -0.2) is 9.78 Å². The molecule has 0 bridgehead atoms. The summed E-state index contributed by atoms with van der Waals surface area (Å²) in [5.74, 6) is 0. The number of halogens is 3. The van der Waals surface area contributed by atoms with Gasteiger partial charge in [-0.05, 0) is 22.8 Å². The number of benzene rings is 3. The van der Waals surface area contributed by atoms with Crippen molar-refractivity contribution < 1.29 is 13.2 Å². The lowest BCUT2D eigenvalue weighted by molar-refractivity contribution is -0.141. The summed E-state index contributed by atoms with van der Waals surface area (Å²) in [5.41, 5.74) is 0.519. The Morgan fingerprint density at radius 1 is 0.571 bits per heavy atom. The Morgan fingerprint density at radius 3 is 1.29 bits per heavy atom. The van der Waals surface area contributed by atoms with Gasteiger partial charge in [-0.3, -0.25) is 4.68 Å². The maximum atomic E-state index is 13.3. The summed E-state index contributed by atoms with van der Waals surface area (Å²) < 4.78 is 41.4. The standard InChI is InChI=1S/C23H17F3N2/c24-23(25,26)21-16-17-28(27-21)22(18-10-4-1-5-11-18,19-12-6-2-7-13-19)20-14-8-3-9-15-20/h1-17H. The molecule has 4 rings (SSSR count). The SMILES string of the molecule is FC(F)(F)c1ccn(C(c2ccccc2)(c2ccccc2)c2ccccc2)n1. The Morgan fingerprint density at radius 2 is 0.964 bits per heavy atom. The predicted octanol–water partition coefficient (Wildman–Crippen LogP) is 5.74. The molecular formula is C23H17F3N2. The number of hydrogen-bond donors (Lipinski definition) is 0. The predicted molar refractivity (Wildman–Crippen MR) is 102 cm³/mol. The van der Waals surface area contributed by atoms with Crippen LogP contribution in [0.2, 0.25) is 0 Å². The van der Waals surface area contributed by atoms with E-state index in [0.29, 0.717) is 0 Å². The van der Waals surface area contributed by atoms with Gasteiger partial charge in [-0.1, -0.05) is 91.0 Å². The molecule has 5 heteroatoms. The average molecular weight is 378 g/mol. The molecule has 0 atom stereocenters. The zero-order valence-electron chi connectivity index (χ0n) is 14.8. The van der Waals surface area contributed by atoms with Gasteiger partial charge in [0.2, 0.25) is 0 Å². The summed E-state index contributed by atoms with van der Waals surface area (Å²) in [5, 5.41) is 3.97. The van der Waals surface area contributed by atoms with Crippen molar-refractivity contribution in [1.82, 2.24) is 9.78 Å². The van der Waals surface area contributed by atoms with Gasteiger partial charge in [0.05, 0.1) is 0 Å². The summed E-state index contributed by atoms with van der Waals surface area (Å²) >= 11 is 0. The first-order valence-corrected chi connectivity index (χ1v) is 8.83. The van der Waals surface area contributed by atoms with E-state index in [2.05, 4.69) is 5.10 Å². The smallest absolute Gasteiger partial charge is 0.253 e. The second-order valence-electron chi connectivity index (χ2n) is 6.45. The van der Waals surface area contributed by atoms with Gasteiger partial charge in [-0.15, -0.1) is 0 Å². The summed E-state index contributed by atoms with van der Waals surface area (Å²) in [6, 6.07) is 29.4. The Bertz CT molecular complexity index is 943. The van der Waals surface area contributed by atoms with E-state index in [9.17, 15) is 13.2 Å². The fraction of sp³-hybridized carbons (Fsp3) is 0.0870. The average Bonchev–Trinajstić information content (AvgIpc) is 3.22. The number of nitrogens with zero attached hydrogens (tertiary/aromatic N) is 2. The fourth-order valence-corrected chi connectivity index (χ4v) is 3.60. The van der Waals surface area contributed by atoms with E-state index in [0.717, 1.165) is 22.8 Å². The van der Waals surface area contributed by atoms with Crippen molar-refractivity contribution in [2.75, 3.05) is 0 Å². The number of alkyl halides is 3. The first-order chi connectivity index (χ1) is 13.5. The fourth-order valence-electron chi connectivity index (χ4n) is 3.60. The van der Waals surface area contributed by atoms with Crippen molar-refractivity contribution >= 4 is 0 Å². The third-order valence-electron chi connectivity index (χ3n) is 4.80. The van der Waals surface area contributed by atoms with Gasteiger partial charge in [0.1, 0.15) is 5.54 Å². The van der Waals surface area contributed by atoms with Crippen LogP contribution in [0.15, 0.2) is 103 Å². The molecule has 0 radical (unpaired) electrons. The van der Waals surface area contributed by atoms with E-state index in [4.69, 9.17) is 0 Å². The van der Waals surface area contributed by atoms with Crippen molar-refractivity contribution in [3.8, 4) is 0 Å². The van der Waals surface area contributed by atoms with Gasteiger partial charge in [0.25, 0.3) is 0 Å². The van der Waals surface area contributed by atoms with E-state index in [-0.39, 0.29) is 0 Å². The molecule has 0 saturated heterocycles. The van der Waals surface area contributed by atoms with Gasteiger partial charge >= 0.3 is 6.18 Å². The zero-order chi connectivity index (χ0) is 19.6. The van der Waals surface area contributed by atoms with Crippen molar-refractivity contribution in [2.45, 2.75) is 11.7 Å². The molecular weight excluding hydrogens is 361 g/mol. The molecule has 4 aromatic rings. The van der Waals surface area contributed by atoms with Crippen molar-refractivity contribution in [3.05, 3.63) is 126 Å². The lowest BCUT2D eigenvalue weighted by Gasteiger charge is -2.36. The minimum atomic E-state index is -4.51. The molecule has 2 nitrogen and oxygen atoms in total. The van der Waals surface area contributed by atoms with Gasteiger partial charge in [-0.2, -0.15) is 18.3 Å². The summed E-state index contributed by atoms with van der Waals surface area (Å²) in [6.45, 7) is 0. The largest absolute Gasteiger partial charge is 0.435 e. The Hall–Kier alpha value is -3.34. The van der Waals surface area contributed by atoms with Crippen LogP contribution in [0.25, 0.3) is 0 Å². The molecule has 0 saturated carbocycles. The molecule has 28 heavy (non-hydrogen) atoms. The zero-order valence-corrected chi connectivity index (χ0v) is 14.8. The number of hydrogen-bond acceptors (Lipinski definition) is 1. The van der Waals surface area contributed by atoms with E-state index < -0.39 is 17.4 Å². The molecule has 0 spiro atoms. The van der Waals surface area contributed by atoms with E-state index >= 15 is 0 Å². The lowest BCUT2D eigenvalue weighted by Crippen LogP contribution is -2.38.